The zero-order valence-electron chi connectivity index (χ0n) is 11.2. The molecule has 0 aliphatic heterocycles. The highest BCUT2D eigenvalue weighted by atomic mass is 16.3. The number of para-hydroxylation sites is 1. The summed E-state index contributed by atoms with van der Waals surface area (Å²) in [6, 6.07) is 10.1. The van der Waals surface area contributed by atoms with E-state index in [1.165, 1.54) is 0 Å². The Kier molecular flexibility index (Phi) is 4.58. The van der Waals surface area contributed by atoms with Crippen molar-refractivity contribution >= 4 is 16.8 Å². The summed E-state index contributed by atoms with van der Waals surface area (Å²) in [6.45, 7) is 2.46. The van der Waals surface area contributed by atoms with Crippen molar-refractivity contribution in [2.45, 2.75) is 32.4 Å². The average molecular weight is 260 g/mol. The summed E-state index contributed by atoms with van der Waals surface area (Å²) in [6.07, 6.45) is 3.45. The largest absolute Gasteiger partial charge is 0.396 e. The number of hydrogen-bond donors (Lipinski definition) is 2. The standard InChI is InChI=1S/C15H20N2O2/c1-12(5-4-10-18)16-15(19)11-17-9-8-13-6-2-3-7-14(13)17/h2-3,6-9,12,18H,4-5,10-11H2,1H3,(H,16,19). The van der Waals surface area contributed by atoms with E-state index in [-0.39, 0.29) is 18.6 Å². The summed E-state index contributed by atoms with van der Waals surface area (Å²) in [4.78, 5) is 11.9. The molecule has 0 radical (unpaired) electrons. The van der Waals surface area contributed by atoms with Gasteiger partial charge in [0.25, 0.3) is 0 Å². The lowest BCUT2D eigenvalue weighted by Crippen LogP contribution is -2.35. The highest BCUT2D eigenvalue weighted by molar-refractivity contribution is 5.83. The van der Waals surface area contributed by atoms with Crippen LogP contribution in [0.25, 0.3) is 10.9 Å². The molecule has 1 unspecified atom stereocenters. The maximum absolute atomic E-state index is 11.9. The smallest absolute Gasteiger partial charge is 0.240 e. The molecule has 2 N–H and O–H groups in total. The number of amides is 1. The van der Waals surface area contributed by atoms with Gasteiger partial charge in [-0.05, 0) is 37.3 Å². The van der Waals surface area contributed by atoms with E-state index in [4.69, 9.17) is 5.11 Å². The molecule has 1 aromatic heterocycles. The van der Waals surface area contributed by atoms with Crippen molar-refractivity contribution in [2.75, 3.05) is 6.61 Å². The minimum atomic E-state index is 0.00629. The van der Waals surface area contributed by atoms with Gasteiger partial charge >= 0.3 is 0 Å². The third-order valence-corrected chi connectivity index (χ3v) is 3.20. The van der Waals surface area contributed by atoms with Gasteiger partial charge < -0.3 is 15.0 Å². The van der Waals surface area contributed by atoms with E-state index in [0.29, 0.717) is 13.0 Å². The number of aliphatic hydroxyl groups is 1. The molecule has 4 heteroatoms. The molecule has 2 aromatic rings. The van der Waals surface area contributed by atoms with E-state index >= 15 is 0 Å². The van der Waals surface area contributed by atoms with Gasteiger partial charge in [-0.2, -0.15) is 0 Å². The number of rotatable bonds is 6. The summed E-state index contributed by atoms with van der Waals surface area (Å²) < 4.78 is 1.95. The Morgan fingerprint density at radius 2 is 2.16 bits per heavy atom. The predicted molar refractivity (Wildman–Crippen MR) is 75.9 cm³/mol. The predicted octanol–water partition coefficient (Wildman–Crippen LogP) is 1.92. The highest BCUT2D eigenvalue weighted by Crippen LogP contribution is 2.14. The fourth-order valence-electron chi connectivity index (χ4n) is 2.22. The Labute approximate surface area is 113 Å². The zero-order chi connectivity index (χ0) is 13.7. The third-order valence-electron chi connectivity index (χ3n) is 3.20. The first kappa shape index (κ1) is 13.6. The first-order chi connectivity index (χ1) is 9.20. The first-order valence-electron chi connectivity index (χ1n) is 6.65. The highest BCUT2D eigenvalue weighted by Gasteiger charge is 2.09. The Hall–Kier alpha value is -1.81. The molecule has 4 nitrogen and oxygen atoms in total. The monoisotopic (exact) mass is 260 g/mol. The van der Waals surface area contributed by atoms with Crippen molar-refractivity contribution in [3.8, 4) is 0 Å². The van der Waals surface area contributed by atoms with Crippen LogP contribution in [0.5, 0.6) is 0 Å². The maximum Gasteiger partial charge on any atom is 0.240 e. The topological polar surface area (TPSA) is 54.3 Å². The van der Waals surface area contributed by atoms with Crippen molar-refractivity contribution in [1.82, 2.24) is 9.88 Å². The molecule has 1 heterocycles. The molecule has 0 spiro atoms. The van der Waals surface area contributed by atoms with Gasteiger partial charge in [0.2, 0.25) is 5.91 Å². The minimum Gasteiger partial charge on any atom is -0.396 e. The molecule has 0 aliphatic rings. The van der Waals surface area contributed by atoms with Crippen LogP contribution >= 0.6 is 0 Å². The minimum absolute atomic E-state index is 0.00629. The number of carbonyl (C=O) groups is 1. The molecule has 2 rings (SSSR count). The molecular formula is C15H20N2O2. The van der Waals surface area contributed by atoms with Gasteiger partial charge in [0.1, 0.15) is 6.54 Å². The Morgan fingerprint density at radius 1 is 1.37 bits per heavy atom. The quantitative estimate of drug-likeness (QED) is 0.833. The maximum atomic E-state index is 11.9. The van der Waals surface area contributed by atoms with E-state index in [2.05, 4.69) is 5.32 Å². The molecule has 0 fully saturated rings. The van der Waals surface area contributed by atoms with Crippen LogP contribution in [0, 0.1) is 0 Å². The molecule has 1 amide bonds. The van der Waals surface area contributed by atoms with Gasteiger partial charge in [0.15, 0.2) is 0 Å². The summed E-state index contributed by atoms with van der Waals surface area (Å²) >= 11 is 0. The number of fused-ring (bicyclic) bond motifs is 1. The molecule has 0 saturated carbocycles. The van der Waals surface area contributed by atoms with Gasteiger partial charge in [-0.1, -0.05) is 18.2 Å². The molecule has 0 saturated heterocycles. The lowest BCUT2D eigenvalue weighted by atomic mass is 10.2. The fraction of sp³-hybridized carbons (Fsp3) is 0.400. The summed E-state index contributed by atoms with van der Waals surface area (Å²) in [7, 11) is 0. The normalized spacial score (nSPS) is 12.5. The van der Waals surface area contributed by atoms with E-state index in [1.807, 2.05) is 48.0 Å². The number of nitrogens with one attached hydrogen (secondary N) is 1. The van der Waals surface area contributed by atoms with Crippen LogP contribution in [0.2, 0.25) is 0 Å². The van der Waals surface area contributed by atoms with Crippen LogP contribution in [-0.2, 0) is 11.3 Å². The van der Waals surface area contributed by atoms with Gasteiger partial charge in [0.05, 0.1) is 0 Å². The molecule has 1 atom stereocenters. The van der Waals surface area contributed by atoms with Gasteiger partial charge in [-0.3, -0.25) is 4.79 Å². The van der Waals surface area contributed by atoms with Crippen LogP contribution in [0.4, 0.5) is 0 Å². The number of hydrogen-bond acceptors (Lipinski definition) is 2. The summed E-state index contributed by atoms with van der Waals surface area (Å²) in [5, 5.41) is 12.8. The summed E-state index contributed by atoms with van der Waals surface area (Å²) in [5.74, 6) is 0.00629. The number of benzene rings is 1. The van der Waals surface area contributed by atoms with E-state index in [0.717, 1.165) is 17.3 Å². The second kappa shape index (κ2) is 6.38. The number of aromatic nitrogens is 1. The van der Waals surface area contributed by atoms with Crippen molar-refractivity contribution in [2.24, 2.45) is 0 Å². The van der Waals surface area contributed by atoms with E-state index in [1.54, 1.807) is 0 Å². The number of nitrogens with zero attached hydrogens (tertiary/aromatic N) is 1. The third kappa shape index (κ3) is 3.58. The molecule has 0 bridgehead atoms. The van der Waals surface area contributed by atoms with Crippen molar-refractivity contribution < 1.29 is 9.90 Å². The van der Waals surface area contributed by atoms with Crippen molar-refractivity contribution in [3.63, 3.8) is 0 Å². The Balaban J connectivity index is 1.95. The van der Waals surface area contributed by atoms with Crippen LogP contribution in [-0.4, -0.2) is 28.2 Å². The lowest BCUT2D eigenvalue weighted by molar-refractivity contribution is -0.122. The molecule has 102 valence electrons. The van der Waals surface area contributed by atoms with Crippen molar-refractivity contribution in [3.05, 3.63) is 36.5 Å². The van der Waals surface area contributed by atoms with E-state index in [9.17, 15) is 4.79 Å². The van der Waals surface area contributed by atoms with Crippen LogP contribution in [0.1, 0.15) is 19.8 Å². The van der Waals surface area contributed by atoms with E-state index < -0.39 is 0 Å². The first-order valence-corrected chi connectivity index (χ1v) is 6.65. The number of aliphatic hydroxyl groups excluding tert-OH is 1. The van der Waals surface area contributed by atoms with Gasteiger partial charge in [-0.15, -0.1) is 0 Å². The second-order valence-electron chi connectivity index (χ2n) is 4.84. The zero-order valence-corrected chi connectivity index (χ0v) is 11.2. The summed E-state index contributed by atoms with van der Waals surface area (Å²) in [5.41, 5.74) is 1.07. The van der Waals surface area contributed by atoms with Crippen LogP contribution in [0.15, 0.2) is 36.5 Å². The average Bonchev–Trinajstić information content (AvgIpc) is 2.80. The molecule has 19 heavy (non-hydrogen) atoms. The van der Waals surface area contributed by atoms with Gasteiger partial charge in [-0.25, -0.2) is 0 Å². The van der Waals surface area contributed by atoms with Crippen LogP contribution in [0.3, 0.4) is 0 Å². The number of carbonyl (C=O) groups excluding carboxylic acids is 1. The second-order valence-corrected chi connectivity index (χ2v) is 4.84. The lowest BCUT2D eigenvalue weighted by Gasteiger charge is -2.14. The van der Waals surface area contributed by atoms with Gasteiger partial charge in [0, 0.05) is 24.4 Å². The molecular weight excluding hydrogens is 240 g/mol. The Morgan fingerprint density at radius 3 is 2.95 bits per heavy atom. The van der Waals surface area contributed by atoms with Crippen molar-refractivity contribution in [1.29, 1.82) is 0 Å². The van der Waals surface area contributed by atoms with Crippen LogP contribution < -0.4 is 5.32 Å². The molecule has 0 aliphatic carbocycles. The molecule has 1 aromatic carbocycles. The Bertz CT molecular complexity index is 548. The SMILES string of the molecule is CC(CCCO)NC(=O)Cn1ccc2ccccc21. The fourth-order valence-corrected chi connectivity index (χ4v) is 2.22.